The van der Waals surface area contributed by atoms with Crippen molar-refractivity contribution in [1.82, 2.24) is 15.2 Å². The second kappa shape index (κ2) is 7.03. The van der Waals surface area contributed by atoms with Gasteiger partial charge in [-0.05, 0) is 30.7 Å². The summed E-state index contributed by atoms with van der Waals surface area (Å²) < 4.78 is 12.8. The summed E-state index contributed by atoms with van der Waals surface area (Å²) in [6, 6.07) is 5.35. The zero-order valence-electron chi connectivity index (χ0n) is 11.6. The van der Waals surface area contributed by atoms with Crippen LogP contribution in [0, 0.1) is 5.82 Å². The largest absolute Gasteiger partial charge is 0.342 e. The molecule has 0 saturated heterocycles. The van der Waals surface area contributed by atoms with Gasteiger partial charge in [0.1, 0.15) is 5.82 Å². The molecule has 1 aromatic carbocycles. The van der Waals surface area contributed by atoms with Gasteiger partial charge in [-0.1, -0.05) is 18.7 Å². The van der Waals surface area contributed by atoms with Crippen molar-refractivity contribution < 1.29 is 9.18 Å². The molecule has 0 bridgehead atoms. The van der Waals surface area contributed by atoms with Crippen molar-refractivity contribution >= 4 is 23.4 Å². The lowest BCUT2D eigenvalue weighted by Gasteiger charge is -2.13. The lowest BCUT2D eigenvalue weighted by Crippen LogP contribution is -2.29. The number of carbonyl (C=O) groups is 1. The first kappa shape index (κ1) is 16.0. The second-order valence-corrected chi connectivity index (χ2v) is 5.51. The summed E-state index contributed by atoms with van der Waals surface area (Å²) in [5.41, 5.74) is -0.909. The number of amides is 1. The standard InChI is InChI=1S/C13H13FN4O3S/c1-2-9(22-12-11(20)16-13(21)18-17-12)10(19)15-8-5-3-7(14)4-6-8/h3-6,9H,2H2,1H3,(H,15,19)(H2,16,18,20,21)/t9-/m0/s1. The predicted molar refractivity (Wildman–Crippen MR) is 80.4 cm³/mol. The Morgan fingerprint density at radius 2 is 2.05 bits per heavy atom. The van der Waals surface area contributed by atoms with Gasteiger partial charge in [-0.3, -0.25) is 14.6 Å². The summed E-state index contributed by atoms with van der Waals surface area (Å²) in [6.45, 7) is 1.78. The lowest BCUT2D eigenvalue weighted by molar-refractivity contribution is -0.115. The molecule has 0 fully saturated rings. The molecule has 1 heterocycles. The van der Waals surface area contributed by atoms with Gasteiger partial charge in [0, 0.05) is 5.69 Å². The van der Waals surface area contributed by atoms with Gasteiger partial charge in [0.25, 0.3) is 5.56 Å². The molecule has 9 heteroatoms. The fourth-order valence-electron chi connectivity index (χ4n) is 1.63. The van der Waals surface area contributed by atoms with E-state index in [2.05, 4.69) is 15.5 Å². The maximum Gasteiger partial charge on any atom is 0.342 e. The maximum atomic E-state index is 12.8. The summed E-state index contributed by atoms with van der Waals surface area (Å²) in [6.07, 6.45) is 0.442. The number of hydrogen-bond acceptors (Lipinski definition) is 5. The van der Waals surface area contributed by atoms with Crippen molar-refractivity contribution in [3.05, 3.63) is 50.9 Å². The molecule has 0 unspecified atom stereocenters. The van der Waals surface area contributed by atoms with Crippen LogP contribution in [0.5, 0.6) is 0 Å². The molecule has 0 aliphatic heterocycles. The zero-order chi connectivity index (χ0) is 16.1. The first-order valence-electron chi connectivity index (χ1n) is 6.41. The Balaban J connectivity index is 2.10. The van der Waals surface area contributed by atoms with E-state index in [9.17, 15) is 18.8 Å². The molecule has 0 saturated carbocycles. The van der Waals surface area contributed by atoms with Gasteiger partial charge in [0.05, 0.1) is 5.25 Å². The first-order valence-corrected chi connectivity index (χ1v) is 7.29. The van der Waals surface area contributed by atoms with Crippen molar-refractivity contribution in [2.24, 2.45) is 0 Å². The lowest BCUT2D eigenvalue weighted by atomic mass is 10.2. The van der Waals surface area contributed by atoms with Crippen LogP contribution >= 0.6 is 11.8 Å². The van der Waals surface area contributed by atoms with E-state index in [1.807, 2.05) is 4.98 Å². The van der Waals surface area contributed by atoms with E-state index in [1.165, 1.54) is 24.3 Å². The number of nitrogens with zero attached hydrogens (tertiary/aromatic N) is 1. The number of aromatic amines is 2. The second-order valence-electron chi connectivity index (χ2n) is 4.32. The number of aromatic nitrogens is 3. The van der Waals surface area contributed by atoms with E-state index >= 15 is 0 Å². The molecule has 0 aliphatic carbocycles. The number of thioether (sulfide) groups is 1. The maximum absolute atomic E-state index is 12.8. The fourth-order valence-corrected chi connectivity index (χ4v) is 2.49. The highest BCUT2D eigenvalue weighted by molar-refractivity contribution is 8.00. The highest BCUT2D eigenvalue weighted by atomic mass is 32.2. The fraction of sp³-hybridized carbons (Fsp3) is 0.231. The Kier molecular flexibility index (Phi) is 5.10. The molecule has 0 radical (unpaired) electrons. The quantitative estimate of drug-likeness (QED) is 0.714. The third-order valence-electron chi connectivity index (χ3n) is 2.71. The summed E-state index contributed by atoms with van der Waals surface area (Å²) >= 11 is 0.943. The molecule has 3 N–H and O–H groups in total. The molecule has 7 nitrogen and oxygen atoms in total. The van der Waals surface area contributed by atoms with Crippen LogP contribution in [-0.4, -0.2) is 26.3 Å². The first-order chi connectivity index (χ1) is 10.5. The van der Waals surface area contributed by atoms with Crippen molar-refractivity contribution in [2.75, 3.05) is 5.32 Å². The van der Waals surface area contributed by atoms with Crippen LogP contribution in [0.1, 0.15) is 13.3 Å². The van der Waals surface area contributed by atoms with E-state index in [-0.39, 0.29) is 10.9 Å². The number of H-pyrrole nitrogens is 2. The molecule has 1 atom stereocenters. The molecule has 116 valence electrons. The number of hydrogen-bond donors (Lipinski definition) is 3. The van der Waals surface area contributed by atoms with Gasteiger partial charge < -0.3 is 5.32 Å². The van der Waals surface area contributed by atoms with Gasteiger partial charge in [0.2, 0.25) is 5.91 Å². The average molecular weight is 324 g/mol. The third kappa shape index (κ3) is 4.04. The van der Waals surface area contributed by atoms with E-state index in [0.717, 1.165) is 11.8 Å². The Hall–Kier alpha value is -2.42. The number of anilines is 1. The minimum absolute atomic E-state index is 0.000654. The van der Waals surface area contributed by atoms with E-state index in [0.29, 0.717) is 12.1 Å². The Morgan fingerprint density at radius 3 is 2.64 bits per heavy atom. The van der Waals surface area contributed by atoms with Crippen molar-refractivity contribution in [2.45, 2.75) is 23.6 Å². The molecule has 1 aromatic heterocycles. The van der Waals surface area contributed by atoms with E-state index in [4.69, 9.17) is 0 Å². The van der Waals surface area contributed by atoms with Crippen LogP contribution < -0.4 is 16.6 Å². The Morgan fingerprint density at radius 1 is 1.36 bits per heavy atom. The third-order valence-corrected chi connectivity index (χ3v) is 4.04. The number of carbonyl (C=O) groups excluding carboxylic acids is 1. The molecule has 22 heavy (non-hydrogen) atoms. The van der Waals surface area contributed by atoms with Gasteiger partial charge in [0.15, 0.2) is 5.03 Å². The number of nitrogens with one attached hydrogen (secondary N) is 3. The van der Waals surface area contributed by atoms with Crippen molar-refractivity contribution in [3.8, 4) is 0 Å². The molecule has 0 spiro atoms. The summed E-state index contributed by atoms with van der Waals surface area (Å²) in [4.78, 5) is 36.7. The summed E-state index contributed by atoms with van der Waals surface area (Å²) in [5.74, 6) is -0.741. The normalized spacial score (nSPS) is 11.9. The minimum atomic E-state index is -0.710. The zero-order valence-corrected chi connectivity index (χ0v) is 12.4. The number of rotatable bonds is 5. The van der Waals surface area contributed by atoms with Crippen LogP contribution in [-0.2, 0) is 4.79 Å². The van der Waals surface area contributed by atoms with Gasteiger partial charge in [-0.2, -0.15) is 5.10 Å². The topological polar surface area (TPSA) is 108 Å². The monoisotopic (exact) mass is 324 g/mol. The summed E-state index contributed by atoms with van der Waals surface area (Å²) in [7, 11) is 0. The molecule has 2 rings (SSSR count). The van der Waals surface area contributed by atoms with E-state index in [1.54, 1.807) is 6.92 Å². The van der Waals surface area contributed by atoms with Crippen LogP contribution in [0.15, 0.2) is 38.9 Å². The Bertz CT molecular complexity index is 772. The SMILES string of the molecule is CC[C@H](Sc1n[nH]c(=O)[nH]c1=O)C(=O)Nc1ccc(F)cc1. The predicted octanol–water partition coefficient (Wildman–Crippen LogP) is 1.11. The van der Waals surface area contributed by atoms with Gasteiger partial charge in [-0.15, -0.1) is 0 Å². The van der Waals surface area contributed by atoms with Gasteiger partial charge in [-0.25, -0.2) is 14.3 Å². The van der Waals surface area contributed by atoms with Crippen LogP contribution in [0.25, 0.3) is 0 Å². The smallest absolute Gasteiger partial charge is 0.325 e. The number of benzene rings is 1. The minimum Gasteiger partial charge on any atom is -0.325 e. The molecule has 1 amide bonds. The van der Waals surface area contributed by atoms with Crippen molar-refractivity contribution in [1.29, 1.82) is 0 Å². The number of halogens is 1. The van der Waals surface area contributed by atoms with Gasteiger partial charge >= 0.3 is 5.69 Å². The highest BCUT2D eigenvalue weighted by Gasteiger charge is 2.20. The molecule has 2 aromatic rings. The highest BCUT2D eigenvalue weighted by Crippen LogP contribution is 2.21. The van der Waals surface area contributed by atoms with Crippen LogP contribution in [0.2, 0.25) is 0 Å². The molecule has 0 aliphatic rings. The van der Waals surface area contributed by atoms with Crippen LogP contribution in [0.4, 0.5) is 10.1 Å². The molecular weight excluding hydrogens is 311 g/mol. The Labute approximate surface area is 128 Å². The van der Waals surface area contributed by atoms with E-state index < -0.39 is 22.3 Å². The van der Waals surface area contributed by atoms with Crippen LogP contribution in [0.3, 0.4) is 0 Å². The average Bonchev–Trinajstić information content (AvgIpc) is 2.49. The van der Waals surface area contributed by atoms with Crippen molar-refractivity contribution in [3.63, 3.8) is 0 Å². The molecular formula is C13H13FN4O3S. The summed E-state index contributed by atoms with van der Waals surface area (Å²) in [5, 5.41) is 7.78.